The van der Waals surface area contributed by atoms with Crippen LogP contribution < -0.4 is 5.32 Å². The summed E-state index contributed by atoms with van der Waals surface area (Å²) in [7, 11) is 0. The van der Waals surface area contributed by atoms with Crippen molar-refractivity contribution in [3.63, 3.8) is 0 Å². The van der Waals surface area contributed by atoms with Gasteiger partial charge in [-0.15, -0.1) is 0 Å². The van der Waals surface area contributed by atoms with Crippen LogP contribution in [0.25, 0.3) is 0 Å². The minimum Gasteiger partial charge on any atom is -0.452 e. The summed E-state index contributed by atoms with van der Waals surface area (Å²) in [5, 5.41) is 2.71. The summed E-state index contributed by atoms with van der Waals surface area (Å²) >= 11 is 0. The van der Waals surface area contributed by atoms with E-state index in [1.807, 2.05) is 31.2 Å². The van der Waals surface area contributed by atoms with Crippen molar-refractivity contribution in [2.45, 2.75) is 32.9 Å². The second-order valence-corrected chi connectivity index (χ2v) is 6.89. The average molecular weight is 394 g/mol. The van der Waals surface area contributed by atoms with E-state index in [1.165, 1.54) is 6.92 Å². The number of nitrogens with zero attached hydrogens (tertiary/aromatic N) is 1. The van der Waals surface area contributed by atoms with E-state index in [4.69, 9.17) is 4.74 Å². The largest absolute Gasteiger partial charge is 0.452 e. The minimum absolute atomic E-state index is 0.0944. The van der Waals surface area contributed by atoms with Crippen molar-refractivity contribution in [3.05, 3.63) is 70.8 Å². The Morgan fingerprint density at radius 1 is 1.00 bits per heavy atom. The molecular formula is C22H22N2O5. The fraction of sp³-hybridized carbons (Fsp3) is 0.273. The predicted octanol–water partition coefficient (Wildman–Crippen LogP) is 2.23. The van der Waals surface area contributed by atoms with Crippen molar-refractivity contribution in [2.24, 2.45) is 0 Å². The van der Waals surface area contributed by atoms with Gasteiger partial charge >= 0.3 is 5.97 Å². The van der Waals surface area contributed by atoms with Gasteiger partial charge in [-0.3, -0.25) is 24.1 Å². The van der Waals surface area contributed by atoms with Crippen molar-refractivity contribution in [1.82, 2.24) is 10.2 Å². The van der Waals surface area contributed by atoms with E-state index in [-0.39, 0.29) is 13.0 Å². The Labute approximate surface area is 168 Å². The predicted molar refractivity (Wildman–Crippen MR) is 105 cm³/mol. The Hall–Kier alpha value is -3.48. The molecule has 1 aliphatic rings. The Kier molecular flexibility index (Phi) is 6.07. The molecule has 1 heterocycles. The highest BCUT2D eigenvalue weighted by Gasteiger charge is 2.35. The number of amides is 3. The van der Waals surface area contributed by atoms with Gasteiger partial charge in [-0.25, -0.2) is 0 Å². The zero-order valence-corrected chi connectivity index (χ0v) is 16.3. The van der Waals surface area contributed by atoms with Crippen molar-refractivity contribution in [2.75, 3.05) is 6.54 Å². The van der Waals surface area contributed by atoms with Crippen molar-refractivity contribution < 1.29 is 23.9 Å². The zero-order valence-electron chi connectivity index (χ0n) is 16.3. The smallest absolute Gasteiger partial charge is 0.308 e. The van der Waals surface area contributed by atoms with Gasteiger partial charge in [-0.1, -0.05) is 42.0 Å². The van der Waals surface area contributed by atoms with Crippen LogP contribution in [-0.4, -0.2) is 41.2 Å². The van der Waals surface area contributed by atoms with Gasteiger partial charge in [0.05, 0.1) is 17.5 Å². The van der Waals surface area contributed by atoms with Crippen molar-refractivity contribution in [1.29, 1.82) is 0 Å². The molecule has 3 rings (SSSR count). The molecule has 2 aromatic rings. The number of rotatable bonds is 7. The Bertz CT molecular complexity index is 917. The number of esters is 1. The first kappa shape index (κ1) is 20.3. The van der Waals surface area contributed by atoms with E-state index in [0.29, 0.717) is 17.7 Å². The van der Waals surface area contributed by atoms with Gasteiger partial charge < -0.3 is 10.1 Å². The molecule has 2 aromatic carbocycles. The lowest BCUT2D eigenvalue weighted by molar-refractivity contribution is -0.154. The molecule has 1 aliphatic heterocycles. The van der Waals surface area contributed by atoms with Gasteiger partial charge in [0.15, 0.2) is 6.10 Å². The van der Waals surface area contributed by atoms with Crippen LogP contribution in [0.15, 0.2) is 48.5 Å². The Morgan fingerprint density at radius 3 is 2.17 bits per heavy atom. The standard InChI is InChI=1S/C22H22N2O5/c1-14-7-9-16(10-8-14)13-23-20(26)15(2)29-19(25)11-12-24-21(27)17-5-3-4-6-18(17)22(24)28/h3-10,15H,11-13H2,1-2H3,(H,23,26)/t15-/m0/s1. The number of carbonyl (C=O) groups excluding carboxylic acids is 4. The second kappa shape index (κ2) is 8.68. The number of hydrogen-bond acceptors (Lipinski definition) is 5. The third kappa shape index (κ3) is 4.68. The lowest BCUT2D eigenvalue weighted by Gasteiger charge is -2.16. The Morgan fingerprint density at radius 2 is 1.59 bits per heavy atom. The molecule has 0 bridgehead atoms. The summed E-state index contributed by atoms with van der Waals surface area (Å²) in [4.78, 5) is 49.8. The number of hydrogen-bond donors (Lipinski definition) is 1. The highest BCUT2D eigenvalue weighted by molar-refractivity contribution is 6.21. The third-order valence-electron chi connectivity index (χ3n) is 4.68. The Balaban J connectivity index is 1.45. The van der Waals surface area contributed by atoms with Gasteiger partial charge in [0, 0.05) is 13.1 Å². The maximum atomic E-state index is 12.3. The molecule has 0 saturated heterocycles. The lowest BCUT2D eigenvalue weighted by Crippen LogP contribution is -2.37. The number of ether oxygens (including phenoxy) is 1. The molecule has 0 aromatic heterocycles. The zero-order chi connectivity index (χ0) is 21.0. The number of nitrogens with one attached hydrogen (secondary N) is 1. The molecule has 0 aliphatic carbocycles. The van der Waals surface area contributed by atoms with E-state index < -0.39 is 29.8 Å². The quantitative estimate of drug-likeness (QED) is 0.574. The number of carbonyl (C=O) groups is 4. The first-order valence-electron chi connectivity index (χ1n) is 9.35. The first-order chi connectivity index (χ1) is 13.9. The first-order valence-corrected chi connectivity index (χ1v) is 9.35. The van der Waals surface area contributed by atoms with E-state index in [0.717, 1.165) is 16.0 Å². The monoisotopic (exact) mass is 394 g/mol. The minimum atomic E-state index is -0.977. The van der Waals surface area contributed by atoms with Gasteiger partial charge in [-0.05, 0) is 31.5 Å². The van der Waals surface area contributed by atoms with Gasteiger partial charge in [0.25, 0.3) is 17.7 Å². The van der Waals surface area contributed by atoms with Crippen LogP contribution in [0.4, 0.5) is 0 Å². The normalized spacial score (nSPS) is 13.8. The summed E-state index contributed by atoms with van der Waals surface area (Å²) in [5.74, 6) is -1.93. The lowest BCUT2D eigenvalue weighted by atomic mass is 10.1. The number of benzene rings is 2. The molecule has 0 spiro atoms. The average Bonchev–Trinajstić information content (AvgIpc) is 2.96. The fourth-order valence-electron chi connectivity index (χ4n) is 2.99. The van der Waals surface area contributed by atoms with Crippen LogP contribution in [0.5, 0.6) is 0 Å². The van der Waals surface area contributed by atoms with Crippen LogP contribution >= 0.6 is 0 Å². The van der Waals surface area contributed by atoms with Crippen LogP contribution in [0.1, 0.15) is 45.2 Å². The van der Waals surface area contributed by atoms with Crippen molar-refractivity contribution in [3.8, 4) is 0 Å². The molecule has 150 valence electrons. The van der Waals surface area contributed by atoms with Crippen LogP contribution in [0, 0.1) is 6.92 Å². The molecule has 0 radical (unpaired) electrons. The molecular weight excluding hydrogens is 372 g/mol. The van der Waals surface area contributed by atoms with Crippen LogP contribution in [-0.2, 0) is 20.9 Å². The van der Waals surface area contributed by atoms with Crippen LogP contribution in [0.2, 0.25) is 0 Å². The van der Waals surface area contributed by atoms with Gasteiger partial charge in [0.2, 0.25) is 0 Å². The summed E-state index contributed by atoms with van der Waals surface area (Å²) in [6, 6.07) is 14.2. The van der Waals surface area contributed by atoms with E-state index >= 15 is 0 Å². The van der Waals surface area contributed by atoms with E-state index in [9.17, 15) is 19.2 Å². The number of imide groups is 1. The SMILES string of the molecule is Cc1ccc(CNC(=O)[C@H](C)OC(=O)CCN2C(=O)c3ccccc3C2=O)cc1. The molecule has 1 N–H and O–H groups in total. The van der Waals surface area contributed by atoms with Crippen LogP contribution in [0.3, 0.4) is 0 Å². The molecule has 3 amide bonds. The highest BCUT2D eigenvalue weighted by Crippen LogP contribution is 2.22. The summed E-state index contributed by atoms with van der Waals surface area (Å²) in [6.07, 6.45) is -1.16. The number of fused-ring (bicyclic) bond motifs is 1. The van der Waals surface area contributed by atoms with E-state index in [2.05, 4.69) is 5.32 Å². The molecule has 0 fully saturated rings. The summed E-state index contributed by atoms with van der Waals surface area (Å²) < 4.78 is 5.13. The molecule has 29 heavy (non-hydrogen) atoms. The fourth-order valence-corrected chi connectivity index (χ4v) is 2.99. The molecule has 1 atom stereocenters. The van der Waals surface area contributed by atoms with Gasteiger partial charge in [0.1, 0.15) is 0 Å². The topological polar surface area (TPSA) is 92.8 Å². The molecule has 7 nitrogen and oxygen atoms in total. The van der Waals surface area contributed by atoms with Gasteiger partial charge in [-0.2, -0.15) is 0 Å². The maximum absolute atomic E-state index is 12.3. The van der Waals surface area contributed by atoms with E-state index in [1.54, 1.807) is 24.3 Å². The summed E-state index contributed by atoms with van der Waals surface area (Å²) in [5.41, 5.74) is 2.72. The molecule has 0 unspecified atom stereocenters. The third-order valence-corrected chi connectivity index (χ3v) is 4.68. The number of aryl methyl sites for hydroxylation is 1. The summed E-state index contributed by atoms with van der Waals surface area (Å²) in [6.45, 7) is 3.69. The van der Waals surface area contributed by atoms with Crippen molar-refractivity contribution >= 4 is 23.7 Å². The molecule has 0 saturated carbocycles. The molecule has 7 heteroatoms. The maximum Gasteiger partial charge on any atom is 0.308 e. The second-order valence-electron chi connectivity index (χ2n) is 6.89. The highest BCUT2D eigenvalue weighted by atomic mass is 16.5.